The summed E-state index contributed by atoms with van der Waals surface area (Å²) in [4.78, 5) is 13.5. The molecule has 1 amide bonds. The average Bonchev–Trinajstić information content (AvgIpc) is 3.04. The van der Waals surface area contributed by atoms with Gasteiger partial charge in [0.2, 0.25) is 5.91 Å². The first kappa shape index (κ1) is 14.6. The Morgan fingerprint density at radius 1 is 1.32 bits per heavy atom. The predicted molar refractivity (Wildman–Crippen MR) is 64.7 cm³/mol. The molecule has 1 saturated heterocycles. The Morgan fingerprint density at radius 2 is 2.05 bits per heavy atom. The molecule has 0 spiro atoms. The first-order valence-electron chi connectivity index (χ1n) is 6.75. The lowest BCUT2D eigenvalue weighted by Gasteiger charge is -2.25. The number of hydrogen-bond acceptors (Lipinski definition) is 3. The molecule has 2 aliphatic rings. The van der Waals surface area contributed by atoms with Gasteiger partial charge in [-0.05, 0) is 32.2 Å². The number of carbonyl (C=O) groups excluding carboxylic acids is 1. The lowest BCUT2D eigenvalue weighted by atomic mass is 10.2. The van der Waals surface area contributed by atoms with Crippen molar-refractivity contribution in [1.29, 1.82) is 0 Å². The van der Waals surface area contributed by atoms with Gasteiger partial charge in [0, 0.05) is 18.6 Å². The minimum atomic E-state index is -4.34. The lowest BCUT2D eigenvalue weighted by molar-refractivity contribution is -0.139. The third-order valence-electron chi connectivity index (χ3n) is 3.51. The van der Waals surface area contributed by atoms with Crippen molar-refractivity contribution in [3.63, 3.8) is 0 Å². The number of carbonyl (C=O) groups is 1. The number of rotatable bonds is 6. The zero-order valence-electron chi connectivity index (χ0n) is 10.8. The molecule has 1 aliphatic heterocycles. The Hall–Kier alpha value is -0.820. The van der Waals surface area contributed by atoms with Crippen LogP contribution in [0.25, 0.3) is 0 Å². The van der Waals surface area contributed by atoms with Gasteiger partial charge in [0.25, 0.3) is 0 Å². The molecule has 0 aromatic heterocycles. The molecule has 0 aromatic carbocycles. The number of alkyl halides is 3. The van der Waals surface area contributed by atoms with Gasteiger partial charge >= 0.3 is 6.18 Å². The largest absolute Gasteiger partial charge is 0.405 e. The van der Waals surface area contributed by atoms with Crippen LogP contribution in [-0.4, -0.2) is 55.2 Å². The zero-order chi connectivity index (χ0) is 13.9. The molecule has 0 aromatic rings. The summed E-state index contributed by atoms with van der Waals surface area (Å²) in [5, 5.41) is 5.28. The zero-order valence-corrected chi connectivity index (χ0v) is 10.8. The van der Waals surface area contributed by atoms with Crippen LogP contribution in [0.4, 0.5) is 13.2 Å². The third-order valence-corrected chi connectivity index (χ3v) is 3.51. The fourth-order valence-electron chi connectivity index (χ4n) is 2.42. The van der Waals surface area contributed by atoms with Crippen molar-refractivity contribution in [2.75, 3.05) is 26.2 Å². The van der Waals surface area contributed by atoms with Crippen LogP contribution in [0.5, 0.6) is 0 Å². The summed E-state index contributed by atoms with van der Waals surface area (Å²) in [6, 6.07) is 0.745. The normalized spacial score (nSPS) is 23.9. The van der Waals surface area contributed by atoms with E-state index in [9.17, 15) is 18.0 Å². The summed E-state index contributed by atoms with van der Waals surface area (Å²) < 4.78 is 36.0. The van der Waals surface area contributed by atoms with E-state index in [-0.39, 0.29) is 6.54 Å². The van der Waals surface area contributed by atoms with E-state index in [1.165, 1.54) is 0 Å². The minimum absolute atomic E-state index is 0.0684. The van der Waals surface area contributed by atoms with Crippen molar-refractivity contribution < 1.29 is 18.0 Å². The summed E-state index contributed by atoms with van der Waals surface area (Å²) >= 11 is 0. The maximum atomic E-state index is 12.0. The van der Waals surface area contributed by atoms with E-state index >= 15 is 0 Å². The Morgan fingerprint density at radius 3 is 2.58 bits per heavy atom. The molecule has 7 heteroatoms. The molecule has 0 radical (unpaired) electrons. The molecular weight excluding hydrogens is 259 g/mol. The minimum Gasteiger partial charge on any atom is -0.346 e. The van der Waals surface area contributed by atoms with Gasteiger partial charge in [-0.25, -0.2) is 0 Å². The van der Waals surface area contributed by atoms with Gasteiger partial charge in [0.05, 0.1) is 6.54 Å². The van der Waals surface area contributed by atoms with Gasteiger partial charge in [0.1, 0.15) is 6.54 Å². The van der Waals surface area contributed by atoms with Crippen LogP contribution in [0, 0.1) is 0 Å². The Bertz CT molecular complexity index is 312. The molecule has 1 atom stereocenters. The second-order valence-corrected chi connectivity index (χ2v) is 5.35. The summed E-state index contributed by atoms with van der Waals surface area (Å²) in [6.07, 6.45) is -0.0531. The Kier molecular flexibility index (Phi) is 4.67. The number of nitrogens with one attached hydrogen (secondary N) is 2. The summed E-state index contributed by atoms with van der Waals surface area (Å²) in [5.41, 5.74) is 0. The highest BCUT2D eigenvalue weighted by Crippen LogP contribution is 2.27. The molecule has 2 fully saturated rings. The van der Waals surface area contributed by atoms with E-state index in [2.05, 4.69) is 5.32 Å². The topological polar surface area (TPSA) is 44.4 Å². The van der Waals surface area contributed by atoms with Gasteiger partial charge in [0.15, 0.2) is 0 Å². The first-order valence-corrected chi connectivity index (χ1v) is 6.75. The maximum Gasteiger partial charge on any atom is 0.405 e. The summed E-state index contributed by atoms with van der Waals surface area (Å²) in [7, 11) is 0. The van der Waals surface area contributed by atoms with E-state index in [1.54, 1.807) is 0 Å². The van der Waals surface area contributed by atoms with E-state index < -0.39 is 18.6 Å². The molecule has 0 bridgehead atoms. The van der Waals surface area contributed by atoms with Crippen LogP contribution in [0.2, 0.25) is 0 Å². The van der Waals surface area contributed by atoms with Crippen LogP contribution >= 0.6 is 0 Å². The van der Waals surface area contributed by atoms with E-state index in [0.717, 1.165) is 38.8 Å². The number of hydrogen-bond donors (Lipinski definition) is 2. The third kappa shape index (κ3) is 5.36. The quantitative estimate of drug-likeness (QED) is 0.758. The van der Waals surface area contributed by atoms with E-state index in [0.29, 0.717) is 12.1 Å². The molecule has 19 heavy (non-hydrogen) atoms. The van der Waals surface area contributed by atoms with Gasteiger partial charge in [-0.3, -0.25) is 9.69 Å². The maximum absolute atomic E-state index is 12.0. The van der Waals surface area contributed by atoms with Crippen molar-refractivity contribution in [2.24, 2.45) is 0 Å². The monoisotopic (exact) mass is 279 g/mol. The summed E-state index contributed by atoms with van der Waals surface area (Å²) in [6.45, 7) is 0.568. The van der Waals surface area contributed by atoms with Crippen molar-refractivity contribution in [1.82, 2.24) is 15.5 Å². The van der Waals surface area contributed by atoms with Gasteiger partial charge in [-0.2, -0.15) is 13.2 Å². The predicted octanol–water partition coefficient (Wildman–Crippen LogP) is 0.881. The van der Waals surface area contributed by atoms with Crippen LogP contribution in [0.1, 0.15) is 25.7 Å². The first-order chi connectivity index (χ1) is 8.94. The molecule has 2 rings (SSSR count). The van der Waals surface area contributed by atoms with Crippen LogP contribution in [0.15, 0.2) is 0 Å². The van der Waals surface area contributed by atoms with Gasteiger partial charge < -0.3 is 10.6 Å². The Labute approximate surface area is 110 Å². The lowest BCUT2D eigenvalue weighted by Crippen LogP contribution is -2.45. The fourth-order valence-corrected chi connectivity index (χ4v) is 2.42. The highest BCUT2D eigenvalue weighted by molar-refractivity contribution is 5.78. The summed E-state index contributed by atoms with van der Waals surface area (Å²) in [5.74, 6) is -0.540. The van der Waals surface area contributed by atoms with Crippen LogP contribution in [-0.2, 0) is 4.79 Å². The Balaban J connectivity index is 1.74. The number of amides is 1. The molecule has 4 nitrogen and oxygen atoms in total. The molecule has 1 heterocycles. The van der Waals surface area contributed by atoms with Gasteiger partial charge in [-0.1, -0.05) is 0 Å². The molecule has 110 valence electrons. The van der Waals surface area contributed by atoms with Crippen molar-refractivity contribution in [3.8, 4) is 0 Å². The van der Waals surface area contributed by atoms with Crippen molar-refractivity contribution >= 4 is 5.91 Å². The SMILES string of the molecule is O=C(CN(CC1CCCN1)C1CC1)NCC(F)(F)F. The molecule has 1 saturated carbocycles. The molecule has 1 aliphatic carbocycles. The standard InChI is InChI=1S/C12H20F3N3O/c13-12(14,15)8-17-11(19)7-18(10-3-4-10)6-9-2-1-5-16-9/h9-10,16H,1-8H2,(H,17,19). The van der Waals surface area contributed by atoms with Crippen molar-refractivity contribution in [2.45, 2.75) is 43.9 Å². The smallest absolute Gasteiger partial charge is 0.346 e. The van der Waals surface area contributed by atoms with E-state index in [1.807, 2.05) is 10.2 Å². The highest BCUT2D eigenvalue weighted by atomic mass is 19.4. The average molecular weight is 279 g/mol. The fraction of sp³-hybridized carbons (Fsp3) is 0.917. The second-order valence-electron chi connectivity index (χ2n) is 5.35. The molecule has 1 unspecified atom stereocenters. The molecule has 2 N–H and O–H groups in total. The highest BCUT2D eigenvalue weighted by Gasteiger charge is 2.33. The molecular formula is C12H20F3N3O. The van der Waals surface area contributed by atoms with Crippen molar-refractivity contribution in [3.05, 3.63) is 0 Å². The number of halogens is 3. The number of nitrogens with zero attached hydrogens (tertiary/aromatic N) is 1. The van der Waals surface area contributed by atoms with Crippen LogP contribution < -0.4 is 10.6 Å². The van der Waals surface area contributed by atoms with E-state index in [4.69, 9.17) is 0 Å². The van der Waals surface area contributed by atoms with Crippen LogP contribution in [0.3, 0.4) is 0 Å². The second kappa shape index (κ2) is 6.09. The van der Waals surface area contributed by atoms with Gasteiger partial charge in [-0.15, -0.1) is 0 Å².